The van der Waals surface area contributed by atoms with Crippen LogP contribution in [0.3, 0.4) is 0 Å². The van der Waals surface area contributed by atoms with Gasteiger partial charge in [0.25, 0.3) is 0 Å². The summed E-state index contributed by atoms with van der Waals surface area (Å²) in [5.74, 6) is 0. The molecule has 80 valence electrons. The van der Waals surface area contributed by atoms with Crippen molar-refractivity contribution in [1.82, 2.24) is 0 Å². The lowest BCUT2D eigenvalue weighted by Crippen LogP contribution is -2.04. The Labute approximate surface area is 104 Å². The first kappa shape index (κ1) is 11.1. The topological polar surface area (TPSA) is 20.2 Å². The number of rotatable bonds is 2. The Morgan fingerprint density at radius 2 is 2.13 bits per heavy atom. The molecular formula is C13H15IO. The molecule has 1 aromatic rings. The summed E-state index contributed by atoms with van der Waals surface area (Å²) in [6.07, 6.45) is 6.46. The predicted octanol–water partition coefficient (Wildman–Crippen LogP) is 3.83. The molecule has 0 heterocycles. The van der Waals surface area contributed by atoms with E-state index in [1.54, 1.807) is 0 Å². The third-order valence-electron chi connectivity index (χ3n) is 2.84. The van der Waals surface area contributed by atoms with Gasteiger partial charge in [-0.3, -0.25) is 0 Å². The summed E-state index contributed by atoms with van der Waals surface area (Å²) in [6.45, 7) is 0. The summed E-state index contributed by atoms with van der Waals surface area (Å²) in [4.78, 5) is 0. The third-order valence-corrected chi connectivity index (χ3v) is 3.51. The molecule has 0 fully saturated rings. The highest BCUT2D eigenvalue weighted by atomic mass is 127. The van der Waals surface area contributed by atoms with Crippen LogP contribution in [0.5, 0.6) is 0 Å². The van der Waals surface area contributed by atoms with E-state index in [1.165, 1.54) is 22.0 Å². The van der Waals surface area contributed by atoms with Crippen LogP contribution in [0.15, 0.2) is 35.9 Å². The molecule has 1 unspecified atom stereocenters. The molecule has 0 aliphatic heterocycles. The van der Waals surface area contributed by atoms with Crippen LogP contribution in [0.2, 0.25) is 0 Å². The van der Waals surface area contributed by atoms with Crippen LogP contribution in [-0.4, -0.2) is 5.11 Å². The summed E-state index contributed by atoms with van der Waals surface area (Å²) in [7, 11) is 0. The zero-order chi connectivity index (χ0) is 10.7. The highest BCUT2D eigenvalue weighted by Crippen LogP contribution is 2.30. The molecule has 2 rings (SSSR count). The van der Waals surface area contributed by atoms with Gasteiger partial charge >= 0.3 is 0 Å². The van der Waals surface area contributed by atoms with Gasteiger partial charge < -0.3 is 5.11 Å². The van der Waals surface area contributed by atoms with E-state index in [4.69, 9.17) is 0 Å². The SMILES string of the molecule is OC(C1=CCCCC1)c1cccc(I)c1. The maximum Gasteiger partial charge on any atom is 0.100 e. The van der Waals surface area contributed by atoms with Crippen molar-refractivity contribution in [1.29, 1.82) is 0 Å². The van der Waals surface area contributed by atoms with Crippen molar-refractivity contribution in [2.45, 2.75) is 31.8 Å². The number of allylic oxidation sites excluding steroid dienone is 1. The fraction of sp³-hybridized carbons (Fsp3) is 0.385. The summed E-state index contributed by atoms with van der Waals surface area (Å²) >= 11 is 2.28. The molecule has 1 aliphatic rings. The Morgan fingerprint density at radius 1 is 1.27 bits per heavy atom. The number of halogens is 1. The van der Waals surface area contributed by atoms with Crippen LogP contribution in [0, 0.1) is 3.57 Å². The minimum Gasteiger partial charge on any atom is -0.384 e. The first-order chi connectivity index (χ1) is 7.27. The van der Waals surface area contributed by atoms with Gasteiger partial charge in [-0.25, -0.2) is 0 Å². The van der Waals surface area contributed by atoms with Crippen molar-refractivity contribution in [2.24, 2.45) is 0 Å². The van der Waals surface area contributed by atoms with Crippen molar-refractivity contribution < 1.29 is 5.11 Å². The fourth-order valence-electron chi connectivity index (χ4n) is 2.00. The molecule has 0 saturated carbocycles. The average molecular weight is 314 g/mol. The molecule has 0 bridgehead atoms. The van der Waals surface area contributed by atoms with E-state index in [-0.39, 0.29) is 6.10 Å². The second kappa shape index (κ2) is 5.12. The number of hydrogen-bond acceptors (Lipinski definition) is 1. The summed E-state index contributed by atoms with van der Waals surface area (Å²) in [6, 6.07) is 8.11. The molecule has 1 nitrogen and oxygen atoms in total. The third kappa shape index (κ3) is 2.82. The monoisotopic (exact) mass is 314 g/mol. The van der Waals surface area contributed by atoms with E-state index in [2.05, 4.69) is 34.7 Å². The molecule has 2 heteroatoms. The Morgan fingerprint density at radius 3 is 2.80 bits per heavy atom. The molecule has 0 radical (unpaired) electrons. The van der Waals surface area contributed by atoms with Crippen LogP contribution >= 0.6 is 22.6 Å². The van der Waals surface area contributed by atoms with Crippen molar-refractivity contribution in [3.05, 3.63) is 45.0 Å². The smallest absolute Gasteiger partial charge is 0.100 e. The van der Waals surface area contributed by atoms with Crippen molar-refractivity contribution in [3.8, 4) is 0 Å². The number of hydrogen-bond donors (Lipinski definition) is 1. The minimum absolute atomic E-state index is 0.389. The number of aliphatic hydroxyl groups is 1. The number of benzene rings is 1. The van der Waals surface area contributed by atoms with Gasteiger partial charge in [-0.1, -0.05) is 18.2 Å². The van der Waals surface area contributed by atoms with E-state index in [9.17, 15) is 5.11 Å². The van der Waals surface area contributed by atoms with E-state index < -0.39 is 0 Å². The van der Waals surface area contributed by atoms with Crippen molar-refractivity contribution >= 4 is 22.6 Å². The predicted molar refractivity (Wildman–Crippen MR) is 70.7 cm³/mol. The van der Waals surface area contributed by atoms with Crippen LogP contribution in [0.25, 0.3) is 0 Å². The Balaban J connectivity index is 2.19. The van der Waals surface area contributed by atoms with Crippen molar-refractivity contribution in [2.75, 3.05) is 0 Å². The van der Waals surface area contributed by atoms with Gasteiger partial charge in [-0.05, 0) is 71.5 Å². The lowest BCUT2D eigenvalue weighted by molar-refractivity contribution is 0.208. The molecule has 1 aromatic carbocycles. The first-order valence-corrected chi connectivity index (χ1v) is 6.48. The van der Waals surface area contributed by atoms with Gasteiger partial charge in [-0.2, -0.15) is 0 Å². The standard InChI is InChI=1S/C13H15IO/c14-12-8-4-7-11(9-12)13(15)10-5-2-1-3-6-10/h4-5,7-9,13,15H,1-3,6H2. The minimum atomic E-state index is -0.389. The Kier molecular flexibility index (Phi) is 3.81. The Bertz CT molecular complexity index is 371. The van der Waals surface area contributed by atoms with Crippen LogP contribution in [0.4, 0.5) is 0 Å². The molecule has 1 N–H and O–H groups in total. The fourth-order valence-corrected chi connectivity index (χ4v) is 2.57. The first-order valence-electron chi connectivity index (χ1n) is 5.40. The molecule has 0 amide bonds. The van der Waals surface area contributed by atoms with Gasteiger partial charge in [0.2, 0.25) is 0 Å². The Hall–Kier alpha value is -0.350. The second-order valence-electron chi connectivity index (χ2n) is 3.98. The average Bonchev–Trinajstić information content (AvgIpc) is 2.29. The van der Waals surface area contributed by atoms with Crippen LogP contribution < -0.4 is 0 Å². The van der Waals surface area contributed by atoms with Gasteiger partial charge in [0.05, 0.1) is 0 Å². The normalized spacial score (nSPS) is 18.4. The quantitative estimate of drug-likeness (QED) is 0.650. The maximum atomic E-state index is 10.2. The molecule has 0 saturated heterocycles. The number of aliphatic hydroxyl groups excluding tert-OH is 1. The summed E-state index contributed by atoms with van der Waals surface area (Å²) in [5.41, 5.74) is 2.22. The molecule has 15 heavy (non-hydrogen) atoms. The summed E-state index contributed by atoms with van der Waals surface area (Å²) in [5, 5.41) is 10.2. The maximum absolute atomic E-state index is 10.2. The lowest BCUT2D eigenvalue weighted by atomic mass is 9.92. The van der Waals surface area contributed by atoms with E-state index in [1.807, 2.05) is 18.2 Å². The van der Waals surface area contributed by atoms with Crippen LogP contribution in [0.1, 0.15) is 37.4 Å². The molecular weight excluding hydrogens is 299 g/mol. The van der Waals surface area contributed by atoms with E-state index >= 15 is 0 Å². The highest BCUT2D eigenvalue weighted by Gasteiger charge is 2.15. The van der Waals surface area contributed by atoms with Crippen LogP contribution in [-0.2, 0) is 0 Å². The largest absolute Gasteiger partial charge is 0.384 e. The van der Waals surface area contributed by atoms with E-state index in [0.29, 0.717) is 0 Å². The van der Waals surface area contributed by atoms with E-state index in [0.717, 1.165) is 18.4 Å². The second-order valence-corrected chi connectivity index (χ2v) is 5.23. The van der Waals surface area contributed by atoms with Gasteiger partial charge in [0, 0.05) is 3.57 Å². The molecule has 1 atom stereocenters. The summed E-state index contributed by atoms with van der Waals surface area (Å²) < 4.78 is 1.18. The lowest BCUT2D eigenvalue weighted by Gasteiger charge is -2.19. The highest BCUT2D eigenvalue weighted by molar-refractivity contribution is 14.1. The van der Waals surface area contributed by atoms with Gasteiger partial charge in [-0.15, -0.1) is 0 Å². The van der Waals surface area contributed by atoms with Gasteiger partial charge in [0.1, 0.15) is 6.10 Å². The zero-order valence-electron chi connectivity index (χ0n) is 8.62. The zero-order valence-corrected chi connectivity index (χ0v) is 10.8. The van der Waals surface area contributed by atoms with Gasteiger partial charge in [0.15, 0.2) is 0 Å². The van der Waals surface area contributed by atoms with Crippen molar-refractivity contribution in [3.63, 3.8) is 0 Å². The molecule has 0 aromatic heterocycles. The molecule has 1 aliphatic carbocycles. The molecule has 0 spiro atoms.